The lowest BCUT2D eigenvalue weighted by molar-refractivity contribution is -0.120. The summed E-state index contributed by atoms with van der Waals surface area (Å²) in [5.41, 5.74) is 0.675. The molecule has 144 valence electrons. The number of methoxy groups -OCH3 is 1. The molecule has 0 radical (unpaired) electrons. The maximum atomic E-state index is 12.6. The highest BCUT2D eigenvalue weighted by molar-refractivity contribution is 7.91. The Kier molecular flexibility index (Phi) is 5.93. The number of piperidine rings is 1. The number of amides is 1. The summed E-state index contributed by atoms with van der Waals surface area (Å²) in [6, 6.07) is 9.92. The van der Waals surface area contributed by atoms with E-state index in [1.165, 1.54) is 22.8 Å². The number of nitrogens with one attached hydrogen (secondary N) is 1. The van der Waals surface area contributed by atoms with Crippen molar-refractivity contribution in [2.75, 3.05) is 25.5 Å². The Morgan fingerprint density at radius 1 is 1.15 bits per heavy atom. The number of anilines is 1. The van der Waals surface area contributed by atoms with Crippen LogP contribution in [0.3, 0.4) is 0 Å². The van der Waals surface area contributed by atoms with Crippen LogP contribution < -0.4 is 5.32 Å². The van der Waals surface area contributed by atoms with Gasteiger partial charge in [0.1, 0.15) is 4.21 Å². The average Bonchev–Trinajstić information content (AvgIpc) is 3.23. The molecular weight excluding hydrogens is 388 g/mol. The second-order valence-electron chi connectivity index (χ2n) is 6.14. The Bertz CT molecular complexity index is 917. The zero-order valence-corrected chi connectivity index (χ0v) is 16.4. The van der Waals surface area contributed by atoms with Gasteiger partial charge in [-0.3, -0.25) is 4.79 Å². The molecule has 2 heterocycles. The van der Waals surface area contributed by atoms with Gasteiger partial charge >= 0.3 is 5.97 Å². The van der Waals surface area contributed by atoms with Gasteiger partial charge in [-0.1, -0.05) is 18.2 Å². The highest BCUT2D eigenvalue weighted by Crippen LogP contribution is 2.27. The quantitative estimate of drug-likeness (QED) is 0.768. The molecule has 1 saturated heterocycles. The van der Waals surface area contributed by atoms with Crippen LogP contribution in [-0.2, 0) is 19.6 Å². The van der Waals surface area contributed by atoms with Crippen LogP contribution in [0.1, 0.15) is 23.2 Å². The van der Waals surface area contributed by atoms with Gasteiger partial charge in [0.2, 0.25) is 5.91 Å². The maximum Gasteiger partial charge on any atom is 0.339 e. The van der Waals surface area contributed by atoms with E-state index in [1.54, 1.807) is 41.8 Å². The molecule has 27 heavy (non-hydrogen) atoms. The van der Waals surface area contributed by atoms with Crippen LogP contribution in [0.25, 0.3) is 0 Å². The lowest BCUT2D eigenvalue weighted by Gasteiger charge is -2.30. The molecule has 1 aromatic carbocycles. The molecule has 1 aliphatic heterocycles. The van der Waals surface area contributed by atoms with Gasteiger partial charge < -0.3 is 10.1 Å². The van der Waals surface area contributed by atoms with Crippen molar-refractivity contribution in [2.45, 2.75) is 17.1 Å². The van der Waals surface area contributed by atoms with E-state index in [2.05, 4.69) is 5.32 Å². The molecule has 0 aliphatic carbocycles. The number of esters is 1. The molecule has 7 nitrogen and oxygen atoms in total. The summed E-state index contributed by atoms with van der Waals surface area (Å²) in [7, 11) is -2.21. The first-order valence-electron chi connectivity index (χ1n) is 8.45. The number of hydrogen-bond acceptors (Lipinski definition) is 6. The minimum Gasteiger partial charge on any atom is -0.465 e. The maximum absolute atomic E-state index is 12.6. The fourth-order valence-corrected chi connectivity index (χ4v) is 5.62. The van der Waals surface area contributed by atoms with Crippen molar-refractivity contribution in [3.05, 3.63) is 47.3 Å². The van der Waals surface area contributed by atoms with Crippen molar-refractivity contribution in [3.63, 3.8) is 0 Å². The van der Waals surface area contributed by atoms with Gasteiger partial charge in [-0.05, 0) is 36.4 Å². The highest BCUT2D eigenvalue weighted by Gasteiger charge is 2.32. The molecule has 1 aromatic heterocycles. The molecule has 0 bridgehead atoms. The van der Waals surface area contributed by atoms with Gasteiger partial charge in [0.25, 0.3) is 10.0 Å². The lowest BCUT2D eigenvalue weighted by Crippen LogP contribution is -2.41. The van der Waals surface area contributed by atoms with E-state index in [9.17, 15) is 18.0 Å². The van der Waals surface area contributed by atoms with Crippen LogP contribution in [0.5, 0.6) is 0 Å². The average molecular weight is 409 g/mol. The van der Waals surface area contributed by atoms with Crippen LogP contribution in [0.15, 0.2) is 46.0 Å². The minimum atomic E-state index is -3.49. The monoisotopic (exact) mass is 408 g/mol. The Morgan fingerprint density at radius 2 is 1.85 bits per heavy atom. The highest BCUT2D eigenvalue weighted by atomic mass is 32.2. The van der Waals surface area contributed by atoms with Gasteiger partial charge in [0, 0.05) is 19.0 Å². The molecule has 0 unspecified atom stereocenters. The van der Waals surface area contributed by atoms with E-state index in [-0.39, 0.29) is 30.5 Å². The third-order valence-electron chi connectivity index (χ3n) is 4.50. The fraction of sp³-hybridized carbons (Fsp3) is 0.333. The smallest absolute Gasteiger partial charge is 0.339 e. The lowest BCUT2D eigenvalue weighted by atomic mass is 9.97. The molecule has 2 aromatic rings. The van der Waals surface area contributed by atoms with E-state index < -0.39 is 16.0 Å². The Hall–Kier alpha value is -2.23. The first kappa shape index (κ1) is 19.5. The zero-order valence-electron chi connectivity index (χ0n) is 14.8. The number of thiophene rings is 1. The number of rotatable bonds is 5. The van der Waals surface area contributed by atoms with Crippen molar-refractivity contribution in [1.82, 2.24) is 4.31 Å². The largest absolute Gasteiger partial charge is 0.465 e. The number of sulfonamides is 1. The first-order chi connectivity index (χ1) is 12.9. The third kappa shape index (κ3) is 4.20. The molecule has 3 rings (SSSR count). The molecule has 0 spiro atoms. The Morgan fingerprint density at radius 3 is 2.48 bits per heavy atom. The van der Waals surface area contributed by atoms with Crippen LogP contribution >= 0.6 is 11.3 Å². The first-order valence-corrected chi connectivity index (χ1v) is 10.8. The Labute approximate surface area is 162 Å². The van der Waals surface area contributed by atoms with Crippen LogP contribution in [0, 0.1) is 5.92 Å². The summed E-state index contributed by atoms with van der Waals surface area (Å²) in [6.07, 6.45) is 0.855. The van der Waals surface area contributed by atoms with Crippen molar-refractivity contribution >= 4 is 38.9 Å². The summed E-state index contributed by atoms with van der Waals surface area (Å²) in [6.45, 7) is 0.577. The van der Waals surface area contributed by atoms with Crippen molar-refractivity contribution in [1.29, 1.82) is 0 Å². The minimum absolute atomic E-state index is 0.223. The molecule has 1 fully saturated rings. The molecule has 1 amide bonds. The Balaban J connectivity index is 1.64. The van der Waals surface area contributed by atoms with E-state index in [0.717, 1.165) is 0 Å². The summed E-state index contributed by atoms with van der Waals surface area (Å²) < 4.78 is 31.6. The van der Waals surface area contributed by atoms with Gasteiger partial charge in [-0.25, -0.2) is 13.2 Å². The number of benzene rings is 1. The number of hydrogen-bond donors (Lipinski definition) is 1. The third-order valence-corrected chi connectivity index (χ3v) is 7.78. The van der Waals surface area contributed by atoms with Crippen molar-refractivity contribution < 1.29 is 22.7 Å². The van der Waals surface area contributed by atoms with Crippen LogP contribution in [0.2, 0.25) is 0 Å². The summed E-state index contributed by atoms with van der Waals surface area (Å²) >= 11 is 1.19. The van der Waals surface area contributed by atoms with E-state index >= 15 is 0 Å². The summed E-state index contributed by atoms with van der Waals surface area (Å²) in [5, 5.41) is 4.50. The van der Waals surface area contributed by atoms with Crippen LogP contribution in [0.4, 0.5) is 5.69 Å². The second-order valence-corrected chi connectivity index (χ2v) is 9.25. The molecule has 1 N–H and O–H groups in total. The predicted molar refractivity (Wildman–Crippen MR) is 102 cm³/mol. The topological polar surface area (TPSA) is 92.8 Å². The molecule has 9 heteroatoms. The van der Waals surface area contributed by atoms with E-state index in [4.69, 9.17) is 4.74 Å². The number of ether oxygens (including phenoxy) is 1. The van der Waals surface area contributed by atoms with Crippen LogP contribution in [-0.4, -0.2) is 44.8 Å². The fourth-order valence-electron chi connectivity index (χ4n) is 3.01. The molecule has 1 aliphatic rings. The normalized spacial score (nSPS) is 16.0. The number of carbonyl (C=O) groups excluding carboxylic acids is 2. The van der Waals surface area contributed by atoms with Gasteiger partial charge in [-0.2, -0.15) is 4.31 Å². The standard InChI is InChI=1S/C18H20N2O5S2/c1-25-18(22)14-5-2-3-6-15(14)19-17(21)13-8-10-20(11-9-13)27(23,24)16-7-4-12-26-16/h2-7,12-13H,8-11H2,1H3,(H,19,21). The van der Waals surface area contributed by atoms with E-state index in [0.29, 0.717) is 22.7 Å². The molecule has 0 atom stereocenters. The number of carbonyl (C=O) groups is 2. The number of para-hydroxylation sites is 1. The predicted octanol–water partition coefficient (Wildman–Crippen LogP) is 2.57. The van der Waals surface area contributed by atoms with Gasteiger partial charge in [0.15, 0.2) is 0 Å². The van der Waals surface area contributed by atoms with Crippen molar-refractivity contribution in [3.8, 4) is 0 Å². The molecule has 0 saturated carbocycles. The van der Waals surface area contributed by atoms with Crippen molar-refractivity contribution in [2.24, 2.45) is 5.92 Å². The summed E-state index contributed by atoms with van der Waals surface area (Å²) in [4.78, 5) is 24.4. The zero-order chi connectivity index (χ0) is 19.4. The summed E-state index contributed by atoms with van der Waals surface area (Å²) in [5.74, 6) is -1.06. The SMILES string of the molecule is COC(=O)c1ccccc1NC(=O)C1CCN(S(=O)(=O)c2cccs2)CC1. The number of nitrogens with zero attached hydrogens (tertiary/aromatic N) is 1. The van der Waals surface area contributed by atoms with E-state index in [1.807, 2.05) is 0 Å². The molecular formula is C18H20N2O5S2. The second kappa shape index (κ2) is 8.20. The van der Waals surface area contributed by atoms with Gasteiger partial charge in [0.05, 0.1) is 18.4 Å². The van der Waals surface area contributed by atoms with Gasteiger partial charge in [-0.15, -0.1) is 11.3 Å².